The summed E-state index contributed by atoms with van der Waals surface area (Å²) >= 11 is 0. The summed E-state index contributed by atoms with van der Waals surface area (Å²) in [6.07, 6.45) is 1.49. The first-order chi connectivity index (χ1) is 15.5. The number of hydrogen-bond donors (Lipinski definition) is 2. The SMILES string of the molecule is O=C1C(=O)N(Cc2ccco2)C(c2cccc(O)c2)/C1=C(/O)c1cccc2ccccc12. The number of phenolic OH excluding ortho intramolecular Hbond substituents is 1. The number of likely N-dealkylation sites (tertiary alicyclic amines) is 1. The number of hydrogen-bond acceptors (Lipinski definition) is 5. The predicted octanol–water partition coefficient (Wildman–Crippen LogP) is 4.76. The molecule has 1 aliphatic heterocycles. The highest BCUT2D eigenvalue weighted by molar-refractivity contribution is 6.46. The summed E-state index contributed by atoms with van der Waals surface area (Å²) in [5, 5.41) is 23.1. The summed E-state index contributed by atoms with van der Waals surface area (Å²) in [7, 11) is 0. The summed E-state index contributed by atoms with van der Waals surface area (Å²) in [5.74, 6) is -1.28. The summed E-state index contributed by atoms with van der Waals surface area (Å²) in [6.45, 7) is 0.0458. The Hall–Kier alpha value is -4.32. The standard InChI is InChI=1S/C26H19NO5/c28-18-9-3-8-17(14-18)23-22(25(30)26(31)27(23)15-19-10-5-13-32-19)24(29)21-12-4-7-16-6-1-2-11-20(16)21/h1-14,23,28-29H,15H2/b24-22-. The Labute approximate surface area is 183 Å². The average Bonchev–Trinajstić information content (AvgIpc) is 3.40. The molecule has 0 spiro atoms. The summed E-state index contributed by atoms with van der Waals surface area (Å²) in [6, 6.07) is 21.8. The molecule has 32 heavy (non-hydrogen) atoms. The van der Waals surface area contributed by atoms with E-state index < -0.39 is 17.7 Å². The number of carbonyl (C=O) groups excluding carboxylic acids is 2. The molecule has 1 fully saturated rings. The molecule has 1 aliphatic rings. The number of aliphatic hydroxyl groups is 1. The van der Waals surface area contributed by atoms with E-state index in [0.717, 1.165) is 10.8 Å². The van der Waals surface area contributed by atoms with Gasteiger partial charge in [-0.3, -0.25) is 9.59 Å². The van der Waals surface area contributed by atoms with Gasteiger partial charge in [0.1, 0.15) is 17.3 Å². The molecular weight excluding hydrogens is 406 g/mol. The maximum Gasteiger partial charge on any atom is 0.296 e. The molecule has 6 heteroatoms. The summed E-state index contributed by atoms with van der Waals surface area (Å²) < 4.78 is 5.39. The van der Waals surface area contributed by atoms with E-state index >= 15 is 0 Å². The van der Waals surface area contributed by atoms with Crippen molar-refractivity contribution in [2.75, 3.05) is 0 Å². The molecule has 3 aromatic carbocycles. The molecule has 158 valence electrons. The molecule has 2 N–H and O–H groups in total. The van der Waals surface area contributed by atoms with Gasteiger partial charge in [0.15, 0.2) is 0 Å². The van der Waals surface area contributed by atoms with Crippen LogP contribution in [-0.2, 0) is 16.1 Å². The van der Waals surface area contributed by atoms with E-state index in [-0.39, 0.29) is 23.6 Å². The third kappa shape index (κ3) is 3.22. The molecule has 0 bridgehead atoms. The number of aromatic hydroxyl groups is 1. The molecule has 6 nitrogen and oxygen atoms in total. The van der Waals surface area contributed by atoms with Crippen LogP contribution in [0.5, 0.6) is 5.75 Å². The number of aliphatic hydroxyl groups excluding tert-OH is 1. The lowest BCUT2D eigenvalue weighted by atomic mass is 9.93. The number of benzene rings is 3. The number of nitrogens with zero attached hydrogens (tertiary/aromatic N) is 1. The first kappa shape index (κ1) is 19.6. The van der Waals surface area contributed by atoms with Crippen molar-refractivity contribution in [2.45, 2.75) is 12.6 Å². The normalized spacial score (nSPS) is 17.9. The summed E-state index contributed by atoms with van der Waals surface area (Å²) in [5.41, 5.74) is 0.949. The third-order valence-electron chi connectivity index (χ3n) is 5.68. The molecule has 5 rings (SSSR count). The molecule has 1 saturated heterocycles. The van der Waals surface area contributed by atoms with Gasteiger partial charge in [-0.05, 0) is 40.6 Å². The Kier molecular flexibility index (Phi) is 4.75. The van der Waals surface area contributed by atoms with Gasteiger partial charge in [-0.2, -0.15) is 0 Å². The fourth-order valence-electron chi connectivity index (χ4n) is 4.23. The van der Waals surface area contributed by atoms with Crippen molar-refractivity contribution in [2.24, 2.45) is 0 Å². The number of furan rings is 1. The zero-order chi connectivity index (χ0) is 22.2. The van der Waals surface area contributed by atoms with Crippen molar-refractivity contribution < 1.29 is 24.2 Å². The fraction of sp³-hybridized carbons (Fsp3) is 0.0769. The van der Waals surface area contributed by atoms with E-state index in [0.29, 0.717) is 16.9 Å². The van der Waals surface area contributed by atoms with Crippen molar-refractivity contribution >= 4 is 28.2 Å². The molecule has 0 radical (unpaired) electrons. The van der Waals surface area contributed by atoms with Crippen molar-refractivity contribution in [1.29, 1.82) is 0 Å². The largest absolute Gasteiger partial charge is 0.508 e. The number of phenols is 1. The maximum atomic E-state index is 13.2. The highest BCUT2D eigenvalue weighted by Crippen LogP contribution is 2.41. The van der Waals surface area contributed by atoms with Crippen LogP contribution in [0, 0.1) is 0 Å². The van der Waals surface area contributed by atoms with Crippen LogP contribution in [-0.4, -0.2) is 26.8 Å². The minimum absolute atomic E-state index is 0.00347. The second-order valence-corrected chi connectivity index (χ2v) is 7.63. The first-order valence-corrected chi connectivity index (χ1v) is 10.1. The molecule has 2 heterocycles. The highest BCUT2D eigenvalue weighted by Gasteiger charge is 2.46. The van der Waals surface area contributed by atoms with E-state index in [1.54, 1.807) is 36.4 Å². The number of carbonyl (C=O) groups is 2. The fourth-order valence-corrected chi connectivity index (χ4v) is 4.23. The van der Waals surface area contributed by atoms with Gasteiger partial charge in [-0.1, -0.05) is 54.6 Å². The monoisotopic (exact) mass is 425 g/mol. The molecule has 0 saturated carbocycles. The van der Waals surface area contributed by atoms with Gasteiger partial charge in [0.05, 0.1) is 24.4 Å². The maximum absolute atomic E-state index is 13.2. The van der Waals surface area contributed by atoms with Crippen molar-refractivity contribution in [3.8, 4) is 5.75 Å². The van der Waals surface area contributed by atoms with Crippen LogP contribution in [0.1, 0.15) is 22.9 Å². The number of Topliss-reactive ketones (excluding diaryl/α,β-unsaturated/α-hetero) is 1. The van der Waals surface area contributed by atoms with Gasteiger partial charge in [0, 0.05) is 5.56 Å². The third-order valence-corrected chi connectivity index (χ3v) is 5.68. The Morgan fingerprint density at radius 2 is 1.72 bits per heavy atom. The lowest BCUT2D eigenvalue weighted by Crippen LogP contribution is -2.29. The second-order valence-electron chi connectivity index (χ2n) is 7.63. The van der Waals surface area contributed by atoms with Crippen molar-refractivity contribution in [3.05, 3.63) is 108 Å². The molecule has 1 unspecified atom stereocenters. The van der Waals surface area contributed by atoms with E-state index in [2.05, 4.69) is 0 Å². The Bertz CT molecular complexity index is 1360. The van der Waals surface area contributed by atoms with Gasteiger partial charge in [0.2, 0.25) is 0 Å². The topological polar surface area (TPSA) is 91.0 Å². The van der Waals surface area contributed by atoms with Crippen molar-refractivity contribution in [1.82, 2.24) is 4.90 Å². The summed E-state index contributed by atoms with van der Waals surface area (Å²) in [4.78, 5) is 27.6. The van der Waals surface area contributed by atoms with Gasteiger partial charge in [-0.15, -0.1) is 0 Å². The molecule has 1 atom stereocenters. The van der Waals surface area contributed by atoms with E-state index in [1.807, 2.05) is 30.3 Å². The van der Waals surface area contributed by atoms with E-state index in [9.17, 15) is 19.8 Å². The Balaban J connectivity index is 1.73. The molecule has 1 aromatic heterocycles. The quantitative estimate of drug-likeness (QED) is 0.279. The highest BCUT2D eigenvalue weighted by atomic mass is 16.3. The van der Waals surface area contributed by atoms with Gasteiger partial charge in [-0.25, -0.2) is 0 Å². The Morgan fingerprint density at radius 1 is 0.938 bits per heavy atom. The smallest absolute Gasteiger partial charge is 0.296 e. The van der Waals surface area contributed by atoms with Crippen LogP contribution in [0.3, 0.4) is 0 Å². The van der Waals surface area contributed by atoms with Crippen LogP contribution in [0.2, 0.25) is 0 Å². The minimum atomic E-state index is -0.883. The van der Waals surface area contributed by atoms with E-state index in [4.69, 9.17) is 4.42 Å². The average molecular weight is 425 g/mol. The predicted molar refractivity (Wildman–Crippen MR) is 119 cm³/mol. The van der Waals surface area contributed by atoms with Gasteiger partial charge in [0.25, 0.3) is 11.7 Å². The van der Waals surface area contributed by atoms with Crippen LogP contribution < -0.4 is 0 Å². The Morgan fingerprint density at radius 3 is 2.50 bits per heavy atom. The van der Waals surface area contributed by atoms with Gasteiger partial charge < -0.3 is 19.5 Å². The van der Waals surface area contributed by atoms with Crippen LogP contribution >= 0.6 is 0 Å². The number of fused-ring (bicyclic) bond motifs is 1. The second kappa shape index (κ2) is 7.74. The van der Waals surface area contributed by atoms with Crippen LogP contribution in [0.25, 0.3) is 16.5 Å². The minimum Gasteiger partial charge on any atom is -0.508 e. The molecular formula is C26H19NO5. The zero-order valence-corrected chi connectivity index (χ0v) is 16.9. The molecule has 1 amide bonds. The molecule has 0 aliphatic carbocycles. The van der Waals surface area contributed by atoms with Crippen LogP contribution in [0.4, 0.5) is 0 Å². The van der Waals surface area contributed by atoms with Gasteiger partial charge >= 0.3 is 0 Å². The lowest BCUT2D eigenvalue weighted by molar-refractivity contribution is -0.140. The number of rotatable bonds is 4. The van der Waals surface area contributed by atoms with Crippen LogP contribution in [0.15, 0.2) is 95.1 Å². The molecule has 4 aromatic rings. The zero-order valence-electron chi connectivity index (χ0n) is 16.9. The first-order valence-electron chi connectivity index (χ1n) is 10.1. The van der Waals surface area contributed by atoms with E-state index in [1.165, 1.54) is 23.3 Å². The number of amides is 1. The van der Waals surface area contributed by atoms with Crippen molar-refractivity contribution in [3.63, 3.8) is 0 Å². The number of ketones is 1. The lowest BCUT2D eigenvalue weighted by Gasteiger charge is -2.24.